The summed E-state index contributed by atoms with van der Waals surface area (Å²) in [7, 11) is 1.63. The van der Waals surface area contributed by atoms with Crippen molar-refractivity contribution in [3.63, 3.8) is 0 Å². The summed E-state index contributed by atoms with van der Waals surface area (Å²) in [6, 6.07) is 17.7. The highest BCUT2D eigenvalue weighted by molar-refractivity contribution is 5.94. The van der Waals surface area contributed by atoms with Crippen LogP contribution in [0.4, 0.5) is 5.69 Å². The van der Waals surface area contributed by atoms with Crippen LogP contribution in [-0.2, 0) is 4.79 Å². The Morgan fingerprint density at radius 3 is 2.33 bits per heavy atom. The molecule has 0 aromatic heterocycles. The van der Waals surface area contributed by atoms with E-state index in [1.165, 1.54) is 18.4 Å². The van der Waals surface area contributed by atoms with Crippen LogP contribution in [0.15, 0.2) is 54.6 Å². The molecule has 2 aromatic rings. The quantitative estimate of drug-likeness (QED) is 0.815. The van der Waals surface area contributed by atoms with E-state index in [-0.39, 0.29) is 18.0 Å². The van der Waals surface area contributed by atoms with Gasteiger partial charge in [-0.25, -0.2) is 0 Å². The van der Waals surface area contributed by atoms with Crippen molar-refractivity contribution in [1.82, 2.24) is 5.32 Å². The molecular formula is C20H24N2O2. The van der Waals surface area contributed by atoms with Crippen molar-refractivity contribution in [1.29, 1.82) is 0 Å². The lowest BCUT2D eigenvalue weighted by Crippen LogP contribution is -2.40. The highest BCUT2D eigenvalue weighted by atomic mass is 16.5. The Morgan fingerprint density at radius 1 is 1.08 bits per heavy atom. The molecule has 0 unspecified atom stereocenters. The Morgan fingerprint density at radius 2 is 1.75 bits per heavy atom. The normalized spacial score (nSPS) is 16.2. The van der Waals surface area contributed by atoms with E-state index in [1.807, 2.05) is 37.3 Å². The van der Waals surface area contributed by atoms with Gasteiger partial charge < -0.3 is 10.1 Å². The van der Waals surface area contributed by atoms with Gasteiger partial charge in [0.05, 0.1) is 13.2 Å². The van der Waals surface area contributed by atoms with E-state index >= 15 is 0 Å². The average Bonchev–Trinajstić information content (AvgIpc) is 3.45. The molecule has 2 N–H and O–H groups in total. The molecule has 1 fully saturated rings. The first-order valence-electron chi connectivity index (χ1n) is 8.43. The van der Waals surface area contributed by atoms with Gasteiger partial charge in [0.1, 0.15) is 5.75 Å². The fourth-order valence-electron chi connectivity index (χ4n) is 2.86. The summed E-state index contributed by atoms with van der Waals surface area (Å²) < 4.78 is 5.13. The lowest BCUT2D eigenvalue weighted by Gasteiger charge is -2.23. The highest BCUT2D eigenvalue weighted by Crippen LogP contribution is 2.41. The third kappa shape index (κ3) is 4.15. The molecule has 0 radical (unpaired) electrons. The molecule has 1 aliphatic carbocycles. The lowest BCUT2D eigenvalue weighted by molar-refractivity contribution is -0.118. The summed E-state index contributed by atoms with van der Waals surface area (Å²) in [4.78, 5) is 12.5. The smallest absolute Gasteiger partial charge is 0.241 e. The summed E-state index contributed by atoms with van der Waals surface area (Å²) in [5, 5.41) is 6.45. The minimum absolute atomic E-state index is 0.0262. The average molecular weight is 324 g/mol. The van der Waals surface area contributed by atoms with E-state index in [4.69, 9.17) is 4.74 Å². The fourth-order valence-corrected chi connectivity index (χ4v) is 2.86. The number of benzene rings is 2. The molecule has 1 amide bonds. The van der Waals surface area contributed by atoms with Crippen LogP contribution in [0.3, 0.4) is 0 Å². The Balaban J connectivity index is 1.62. The number of rotatable bonds is 7. The van der Waals surface area contributed by atoms with Crippen LogP contribution in [-0.4, -0.2) is 19.1 Å². The molecule has 3 rings (SSSR count). The number of carbonyl (C=O) groups excluding carboxylic acids is 1. The Labute approximate surface area is 143 Å². The third-order valence-corrected chi connectivity index (χ3v) is 4.43. The van der Waals surface area contributed by atoms with Crippen molar-refractivity contribution >= 4 is 11.6 Å². The molecule has 126 valence electrons. The van der Waals surface area contributed by atoms with Crippen LogP contribution in [0.25, 0.3) is 0 Å². The van der Waals surface area contributed by atoms with Gasteiger partial charge in [-0.1, -0.05) is 30.3 Å². The number of ether oxygens (including phenoxy) is 1. The predicted octanol–water partition coefficient (Wildman–Crippen LogP) is 3.76. The van der Waals surface area contributed by atoms with E-state index < -0.39 is 0 Å². The van der Waals surface area contributed by atoms with Crippen LogP contribution < -0.4 is 15.4 Å². The SMILES string of the molecule is COc1ccc(NC(=O)[C@H](C)N[C@@H](c2ccccc2)C2CC2)cc1. The third-order valence-electron chi connectivity index (χ3n) is 4.43. The van der Waals surface area contributed by atoms with E-state index in [1.54, 1.807) is 7.11 Å². The number of carbonyl (C=O) groups is 1. The largest absolute Gasteiger partial charge is 0.497 e. The van der Waals surface area contributed by atoms with Crippen LogP contribution >= 0.6 is 0 Å². The summed E-state index contributed by atoms with van der Waals surface area (Å²) in [5.41, 5.74) is 2.03. The zero-order chi connectivity index (χ0) is 16.9. The topological polar surface area (TPSA) is 50.4 Å². The monoisotopic (exact) mass is 324 g/mol. The van der Waals surface area contributed by atoms with Gasteiger partial charge in [0.15, 0.2) is 0 Å². The van der Waals surface area contributed by atoms with Gasteiger partial charge >= 0.3 is 0 Å². The molecule has 2 aromatic carbocycles. The molecule has 4 nitrogen and oxygen atoms in total. The molecule has 0 bridgehead atoms. The van der Waals surface area contributed by atoms with Crippen molar-refractivity contribution < 1.29 is 9.53 Å². The van der Waals surface area contributed by atoms with E-state index in [0.717, 1.165) is 11.4 Å². The zero-order valence-corrected chi connectivity index (χ0v) is 14.2. The zero-order valence-electron chi connectivity index (χ0n) is 14.2. The number of anilines is 1. The van der Waals surface area contributed by atoms with E-state index in [9.17, 15) is 4.79 Å². The molecule has 1 saturated carbocycles. The second kappa shape index (κ2) is 7.49. The number of amides is 1. The second-order valence-corrected chi connectivity index (χ2v) is 6.33. The fraction of sp³-hybridized carbons (Fsp3) is 0.350. The summed E-state index contributed by atoms with van der Waals surface area (Å²) in [6.45, 7) is 1.91. The van der Waals surface area contributed by atoms with Gasteiger partial charge in [-0.2, -0.15) is 0 Å². The molecule has 24 heavy (non-hydrogen) atoms. The van der Waals surface area contributed by atoms with Crippen LogP contribution in [0.5, 0.6) is 5.75 Å². The predicted molar refractivity (Wildman–Crippen MR) is 96.1 cm³/mol. The Bertz CT molecular complexity index is 666. The van der Waals surface area contributed by atoms with Crippen molar-refractivity contribution in [3.05, 3.63) is 60.2 Å². The maximum Gasteiger partial charge on any atom is 0.241 e. The highest BCUT2D eigenvalue weighted by Gasteiger charge is 2.33. The number of hydrogen-bond acceptors (Lipinski definition) is 3. The number of hydrogen-bond donors (Lipinski definition) is 2. The van der Waals surface area contributed by atoms with Crippen LogP contribution in [0, 0.1) is 5.92 Å². The first kappa shape index (κ1) is 16.5. The Kier molecular flexibility index (Phi) is 5.16. The van der Waals surface area contributed by atoms with Gasteiger partial charge in [-0.05, 0) is 55.5 Å². The molecule has 0 heterocycles. The van der Waals surface area contributed by atoms with E-state index in [0.29, 0.717) is 5.92 Å². The minimum atomic E-state index is -0.266. The molecule has 2 atom stereocenters. The molecular weight excluding hydrogens is 300 g/mol. The van der Waals surface area contributed by atoms with Crippen molar-refractivity contribution in [3.8, 4) is 5.75 Å². The molecule has 4 heteroatoms. The molecule has 0 aliphatic heterocycles. The maximum atomic E-state index is 12.5. The maximum absolute atomic E-state index is 12.5. The van der Waals surface area contributed by atoms with Crippen molar-refractivity contribution in [2.75, 3.05) is 12.4 Å². The summed E-state index contributed by atoms with van der Waals surface area (Å²) in [6.07, 6.45) is 2.44. The molecule has 1 aliphatic rings. The van der Waals surface area contributed by atoms with Crippen molar-refractivity contribution in [2.45, 2.75) is 31.8 Å². The van der Waals surface area contributed by atoms with Gasteiger partial charge in [-0.3, -0.25) is 10.1 Å². The second-order valence-electron chi connectivity index (χ2n) is 6.33. The number of nitrogens with one attached hydrogen (secondary N) is 2. The van der Waals surface area contributed by atoms with Crippen LogP contribution in [0.2, 0.25) is 0 Å². The molecule has 0 spiro atoms. The van der Waals surface area contributed by atoms with Crippen LogP contribution in [0.1, 0.15) is 31.4 Å². The minimum Gasteiger partial charge on any atom is -0.497 e. The van der Waals surface area contributed by atoms with Crippen molar-refractivity contribution in [2.24, 2.45) is 5.92 Å². The van der Waals surface area contributed by atoms with Gasteiger partial charge in [0, 0.05) is 11.7 Å². The first-order valence-corrected chi connectivity index (χ1v) is 8.43. The van der Waals surface area contributed by atoms with Gasteiger partial charge in [0.25, 0.3) is 0 Å². The Hall–Kier alpha value is -2.33. The van der Waals surface area contributed by atoms with Gasteiger partial charge in [0.2, 0.25) is 5.91 Å². The summed E-state index contributed by atoms with van der Waals surface area (Å²) in [5.74, 6) is 1.38. The molecule has 0 saturated heterocycles. The van der Waals surface area contributed by atoms with E-state index in [2.05, 4.69) is 34.9 Å². The first-order chi connectivity index (χ1) is 11.7. The standard InChI is InChI=1S/C20H24N2O2/c1-14(20(23)22-17-10-12-18(24-2)13-11-17)21-19(16-8-9-16)15-6-4-3-5-7-15/h3-7,10-14,16,19,21H,8-9H2,1-2H3,(H,22,23)/t14-,19-/m0/s1. The lowest BCUT2D eigenvalue weighted by atomic mass is 10.0. The van der Waals surface area contributed by atoms with Gasteiger partial charge in [-0.15, -0.1) is 0 Å². The number of methoxy groups -OCH3 is 1. The summed E-state index contributed by atoms with van der Waals surface area (Å²) >= 11 is 0.